The van der Waals surface area contributed by atoms with Gasteiger partial charge in [-0.3, -0.25) is 0 Å². The van der Waals surface area contributed by atoms with Gasteiger partial charge in [-0.1, -0.05) is 54.6 Å². The molecule has 0 spiro atoms. The summed E-state index contributed by atoms with van der Waals surface area (Å²) in [5.41, 5.74) is 5.78. The van der Waals surface area contributed by atoms with Gasteiger partial charge >= 0.3 is 0 Å². The minimum absolute atomic E-state index is 0. The molecule has 5 nitrogen and oxygen atoms in total. The fourth-order valence-corrected chi connectivity index (χ4v) is 4.87. The molecule has 0 saturated carbocycles. The van der Waals surface area contributed by atoms with E-state index in [4.69, 9.17) is 14.4 Å². The van der Waals surface area contributed by atoms with E-state index in [1.54, 1.807) is 0 Å². The van der Waals surface area contributed by atoms with Crippen molar-refractivity contribution in [3.8, 4) is 11.5 Å². The summed E-state index contributed by atoms with van der Waals surface area (Å²) in [4.78, 5) is 12.3. The number of hydrogen-bond acceptors (Lipinski definition) is 4. The van der Waals surface area contributed by atoms with Gasteiger partial charge in [-0.15, -0.1) is 0 Å². The number of halogens is 1. The maximum atomic E-state index is 6.44. The number of aromatic nitrogens is 2. The Bertz CT molecular complexity index is 1730. The SMILES string of the molecule is CCN(CC)c1ccc2nc3c4ccccc4c(=Nc4cc[n+](Cc5ccccc5)cc4)cc-3oc2c1.[Cl-]. The molecule has 2 heterocycles. The smallest absolute Gasteiger partial charge is 0.173 e. The lowest BCUT2D eigenvalue weighted by Crippen LogP contribution is -3.00. The molecular weight excluding hydrogens is 492 g/mol. The van der Waals surface area contributed by atoms with Crippen LogP contribution >= 0.6 is 0 Å². The molecule has 0 radical (unpaired) electrons. The number of fused-ring (bicyclic) bond motifs is 4. The third-order valence-corrected chi connectivity index (χ3v) is 6.81. The van der Waals surface area contributed by atoms with Crippen LogP contribution in [-0.2, 0) is 6.54 Å². The predicted octanol–water partition coefficient (Wildman–Crippen LogP) is 3.50. The van der Waals surface area contributed by atoms with Gasteiger partial charge in [0.1, 0.15) is 11.2 Å². The number of pyridine rings is 1. The molecule has 190 valence electrons. The first-order valence-corrected chi connectivity index (χ1v) is 12.8. The first-order chi connectivity index (χ1) is 18.2. The van der Waals surface area contributed by atoms with Gasteiger partial charge in [-0.25, -0.2) is 14.5 Å². The lowest BCUT2D eigenvalue weighted by atomic mass is 10.0. The molecule has 1 aromatic heterocycles. The summed E-state index contributed by atoms with van der Waals surface area (Å²) in [6, 6.07) is 31.1. The van der Waals surface area contributed by atoms with Crippen molar-refractivity contribution in [1.29, 1.82) is 0 Å². The normalized spacial score (nSPS) is 11.7. The maximum absolute atomic E-state index is 6.44. The summed E-state index contributed by atoms with van der Waals surface area (Å²) in [5, 5.41) is 2.96. The second-order valence-electron chi connectivity index (χ2n) is 9.15. The molecular formula is C32H29ClN4O. The van der Waals surface area contributed by atoms with Crippen molar-refractivity contribution in [2.45, 2.75) is 20.4 Å². The Hall–Kier alpha value is -4.22. The highest BCUT2D eigenvalue weighted by molar-refractivity contribution is 5.96. The van der Waals surface area contributed by atoms with Gasteiger partial charge in [0.2, 0.25) is 0 Å². The van der Waals surface area contributed by atoms with Crippen molar-refractivity contribution in [1.82, 2.24) is 4.98 Å². The lowest BCUT2D eigenvalue weighted by molar-refractivity contribution is -0.688. The highest BCUT2D eigenvalue weighted by Crippen LogP contribution is 2.32. The molecule has 4 aromatic rings. The van der Waals surface area contributed by atoms with Crippen molar-refractivity contribution in [3.05, 3.63) is 114 Å². The van der Waals surface area contributed by atoms with Gasteiger partial charge in [0.15, 0.2) is 30.3 Å². The minimum Gasteiger partial charge on any atom is -1.00 e. The van der Waals surface area contributed by atoms with Gasteiger partial charge < -0.3 is 21.7 Å². The summed E-state index contributed by atoms with van der Waals surface area (Å²) in [6.45, 7) is 7.04. The predicted molar refractivity (Wildman–Crippen MR) is 149 cm³/mol. The average Bonchev–Trinajstić information content (AvgIpc) is 2.94. The fraction of sp³-hybridized carbons (Fsp3) is 0.156. The van der Waals surface area contributed by atoms with Crippen LogP contribution in [0.1, 0.15) is 19.4 Å². The highest BCUT2D eigenvalue weighted by atomic mass is 35.5. The molecule has 38 heavy (non-hydrogen) atoms. The molecule has 6 rings (SSSR count). The largest absolute Gasteiger partial charge is 1.00 e. The van der Waals surface area contributed by atoms with E-state index >= 15 is 0 Å². The number of benzene rings is 4. The van der Waals surface area contributed by atoms with Gasteiger partial charge in [0.25, 0.3) is 0 Å². The van der Waals surface area contributed by atoms with E-state index in [1.165, 1.54) is 5.56 Å². The Kier molecular flexibility index (Phi) is 7.38. The quantitative estimate of drug-likeness (QED) is 0.192. The standard InChI is InChI=1S/C32H29N4O.ClH/c1-3-36(4-2)25-14-15-28-30(20-25)37-31-21-29(26-12-8-9-13-27(26)32(31)34-28)33-24-16-18-35(19-17-24)22-23-10-6-5-7-11-23;/h5-21H,3-4,22H2,1-2H3;1H/q+1;/p-1. The van der Waals surface area contributed by atoms with E-state index < -0.39 is 0 Å². The van der Waals surface area contributed by atoms with E-state index in [9.17, 15) is 0 Å². The molecule has 1 aliphatic carbocycles. The Morgan fingerprint density at radius 3 is 2.26 bits per heavy atom. The van der Waals surface area contributed by atoms with Crippen LogP contribution in [0.2, 0.25) is 0 Å². The first-order valence-electron chi connectivity index (χ1n) is 12.8. The second kappa shape index (κ2) is 11.0. The van der Waals surface area contributed by atoms with Gasteiger partial charge in [0.05, 0.1) is 11.0 Å². The zero-order chi connectivity index (χ0) is 25.2. The molecule has 0 N–H and O–H groups in total. The van der Waals surface area contributed by atoms with E-state index in [1.807, 2.05) is 42.5 Å². The molecule has 6 heteroatoms. The molecule has 1 aliphatic heterocycles. The monoisotopic (exact) mass is 520 g/mol. The molecule has 0 bridgehead atoms. The van der Waals surface area contributed by atoms with Crippen molar-refractivity contribution >= 4 is 33.2 Å². The number of hydrogen-bond donors (Lipinski definition) is 0. The Balaban J connectivity index is 0.00000294. The van der Waals surface area contributed by atoms with E-state index in [2.05, 4.69) is 84.2 Å². The van der Waals surface area contributed by atoms with Gasteiger partial charge in [-0.2, -0.15) is 0 Å². The summed E-state index contributed by atoms with van der Waals surface area (Å²) in [7, 11) is 0. The molecule has 0 unspecified atom stereocenters. The molecule has 2 aliphatic rings. The third kappa shape index (κ3) is 4.98. The number of rotatable bonds is 6. The fourth-order valence-electron chi connectivity index (χ4n) is 4.87. The number of anilines is 1. The van der Waals surface area contributed by atoms with Crippen LogP contribution in [-0.4, -0.2) is 18.1 Å². The van der Waals surface area contributed by atoms with Gasteiger partial charge in [0, 0.05) is 59.4 Å². The third-order valence-electron chi connectivity index (χ3n) is 6.81. The van der Waals surface area contributed by atoms with E-state index in [0.717, 1.165) is 69.7 Å². The zero-order valence-electron chi connectivity index (χ0n) is 21.5. The van der Waals surface area contributed by atoms with Crippen LogP contribution in [0.15, 0.2) is 113 Å². The van der Waals surface area contributed by atoms with Crippen LogP contribution in [0.25, 0.3) is 33.3 Å². The molecule has 3 aromatic carbocycles. The first kappa shape index (κ1) is 25.4. The summed E-state index contributed by atoms with van der Waals surface area (Å²) < 4.78 is 8.60. The number of nitrogens with zero attached hydrogens (tertiary/aromatic N) is 4. The van der Waals surface area contributed by atoms with Gasteiger partial charge in [-0.05, 0) is 26.0 Å². The zero-order valence-corrected chi connectivity index (χ0v) is 22.3. The lowest BCUT2D eigenvalue weighted by Gasteiger charge is -2.21. The molecule has 0 fully saturated rings. The topological polar surface area (TPSA) is 45.5 Å². The molecule has 0 amide bonds. The van der Waals surface area contributed by atoms with E-state index in [0.29, 0.717) is 0 Å². The molecule has 0 atom stereocenters. The summed E-state index contributed by atoms with van der Waals surface area (Å²) >= 11 is 0. The maximum Gasteiger partial charge on any atom is 0.173 e. The Morgan fingerprint density at radius 2 is 1.53 bits per heavy atom. The van der Waals surface area contributed by atoms with E-state index in [-0.39, 0.29) is 12.4 Å². The van der Waals surface area contributed by atoms with Crippen molar-refractivity contribution in [2.75, 3.05) is 18.0 Å². The summed E-state index contributed by atoms with van der Waals surface area (Å²) in [6.07, 6.45) is 4.15. The summed E-state index contributed by atoms with van der Waals surface area (Å²) in [5.74, 6) is 0.733. The second-order valence-corrected chi connectivity index (χ2v) is 9.15. The van der Waals surface area contributed by atoms with Crippen LogP contribution in [0.3, 0.4) is 0 Å². The average molecular weight is 521 g/mol. The van der Waals surface area contributed by atoms with Crippen LogP contribution < -0.4 is 27.2 Å². The van der Waals surface area contributed by atoms with Crippen molar-refractivity contribution < 1.29 is 21.4 Å². The van der Waals surface area contributed by atoms with Crippen LogP contribution in [0.4, 0.5) is 11.4 Å². The van der Waals surface area contributed by atoms with Crippen LogP contribution in [0, 0.1) is 0 Å². The van der Waals surface area contributed by atoms with Crippen LogP contribution in [0.5, 0.6) is 0 Å². The highest BCUT2D eigenvalue weighted by Gasteiger charge is 2.16. The minimum atomic E-state index is 0. The molecule has 0 saturated heterocycles. The Morgan fingerprint density at radius 1 is 0.816 bits per heavy atom. The Labute approximate surface area is 228 Å². The van der Waals surface area contributed by atoms with Crippen molar-refractivity contribution in [2.24, 2.45) is 4.99 Å². The van der Waals surface area contributed by atoms with Crippen molar-refractivity contribution in [3.63, 3.8) is 0 Å².